The first-order valence-electron chi connectivity index (χ1n) is 6.22. The van der Waals surface area contributed by atoms with E-state index in [1.807, 2.05) is 13.8 Å². The average Bonchev–Trinajstić information content (AvgIpc) is 2.15. The highest BCUT2D eigenvalue weighted by atomic mass is 16.2. The van der Waals surface area contributed by atoms with Gasteiger partial charge in [-0.15, -0.1) is 0 Å². The van der Waals surface area contributed by atoms with Crippen molar-refractivity contribution in [1.82, 2.24) is 10.6 Å². The first kappa shape index (κ1) is 15.4. The van der Waals surface area contributed by atoms with Gasteiger partial charge in [-0.2, -0.15) is 0 Å². The maximum atomic E-state index is 11.5. The second-order valence-corrected chi connectivity index (χ2v) is 4.87. The second kappa shape index (κ2) is 8.53. The summed E-state index contributed by atoms with van der Waals surface area (Å²) in [5, 5.41) is 6.16. The SMILES string of the molecule is CC(C)NCCCC[C@H](N)C(=O)NC(C)C. The molecule has 0 radical (unpaired) electrons. The lowest BCUT2D eigenvalue weighted by atomic mass is 10.1. The molecule has 0 aromatic rings. The molecule has 0 unspecified atom stereocenters. The Balaban J connectivity index is 3.49. The molecule has 4 nitrogen and oxygen atoms in total. The third-order valence-electron chi connectivity index (χ3n) is 2.26. The van der Waals surface area contributed by atoms with Crippen LogP contribution < -0.4 is 16.4 Å². The van der Waals surface area contributed by atoms with E-state index in [9.17, 15) is 4.79 Å². The van der Waals surface area contributed by atoms with Crippen LogP contribution in [0.25, 0.3) is 0 Å². The van der Waals surface area contributed by atoms with Crippen molar-refractivity contribution in [1.29, 1.82) is 0 Å². The number of nitrogens with one attached hydrogen (secondary N) is 2. The zero-order chi connectivity index (χ0) is 12.6. The van der Waals surface area contributed by atoms with E-state index in [2.05, 4.69) is 24.5 Å². The van der Waals surface area contributed by atoms with Crippen molar-refractivity contribution in [3.8, 4) is 0 Å². The van der Waals surface area contributed by atoms with Gasteiger partial charge in [0.15, 0.2) is 0 Å². The van der Waals surface area contributed by atoms with Gasteiger partial charge in [0.1, 0.15) is 0 Å². The van der Waals surface area contributed by atoms with Crippen LogP contribution >= 0.6 is 0 Å². The van der Waals surface area contributed by atoms with Gasteiger partial charge in [-0.1, -0.05) is 20.3 Å². The number of rotatable bonds is 8. The summed E-state index contributed by atoms with van der Waals surface area (Å²) in [6.45, 7) is 9.13. The van der Waals surface area contributed by atoms with Crippen molar-refractivity contribution in [2.45, 2.75) is 65.1 Å². The minimum absolute atomic E-state index is 0.0354. The Kier molecular flexibility index (Phi) is 8.21. The number of carbonyl (C=O) groups excluding carboxylic acids is 1. The second-order valence-electron chi connectivity index (χ2n) is 4.87. The largest absolute Gasteiger partial charge is 0.353 e. The van der Waals surface area contributed by atoms with Crippen LogP contribution in [-0.2, 0) is 4.79 Å². The van der Waals surface area contributed by atoms with E-state index in [1.165, 1.54) is 0 Å². The smallest absolute Gasteiger partial charge is 0.237 e. The van der Waals surface area contributed by atoms with Gasteiger partial charge in [-0.05, 0) is 33.2 Å². The molecule has 0 saturated carbocycles. The summed E-state index contributed by atoms with van der Waals surface area (Å²) in [6, 6.07) is 0.334. The summed E-state index contributed by atoms with van der Waals surface area (Å²) in [4.78, 5) is 11.5. The fraction of sp³-hybridized carbons (Fsp3) is 0.917. The first-order chi connectivity index (χ1) is 7.43. The summed E-state index contributed by atoms with van der Waals surface area (Å²) in [7, 11) is 0. The normalized spacial score (nSPS) is 13.2. The molecule has 96 valence electrons. The third-order valence-corrected chi connectivity index (χ3v) is 2.26. The van der Waals surface area contributed by atoms with Gasteiger partial charge in [0, 0.05) is 12.1 Å². The molecule has 0 aliphatic rings. The zero-order valence-electron chi connectivity index (χ0n) is 11.0. The quantitative estimate of drug-likeness (QED) is 0.544. The molecule has 4 N–H and O–H groups in total. The predicted octanol–water partition coefficient (Wildman–Crippen LogP) is 1.01. The minimum atomic E-state index is -0.360. The highest BCUT2D eigenvalue weighted by Gasteiger charge is 2.13. The van der Waals surface area contributed by atoms with Crippen LogP contribution in [0, 0.1) is 0 Å². The fourth-order valence-corrected chi connectivity index (χ4v) is 1.40. The van der Waals surface area contributed by atoms with Gasteiger partial charge >= 0.3 is 0 Å². The van der Waals surface area contributed by atoms with Crippen molar-refractivity contribution in [2.75, 3.05) is 6.54 Å². The van der Waals surface area contributed by atoms with Crippen molar-refractivity contribution >= 4 is 5.91 Å². The van der Waals surface area contributed by atoms with Gasteiger partial charge in [0.05, 0.1) is 6.04 Å². The van der Waals surface area contributed by atoms with Gasteiger partial charge < -0.3 is 16.4 Å². The molecule has 0 saturated heterocycles. The summed E-state index contributed by atoms with van der Waals surface area (Å²) in [5.41, 5.74) is 5.78. The Morgan fingerprint density at radius 1 is 1.12 bits per heavy atom. The number of amides is 1. The maximum Gasteiger partial charge on any atom is 0.237 e. The van der Waals surface area contributed by atoms with Crippen molar-refractivity contribution in [3.63, 3.8) is 0 Å². The van der Waals surface area contributed by atoms with Crippen LogP contribution in [0.2, 0.25) is 0 Å². The zero-order valence-corrected chi connectivity index (χ0v) is 11.0. The average molecular weight is 229 g/mol. The van der Waals surface area contributed by atoms with Crippen LogP contribution in [0.5, 0.6) is 0 Å². The lowest BCUT2D eigenvalue weighted by Gasteiger charge is -2.14. The Bertz CT molecular complexity index is 193. The monoisotopic (exact) mass is 229 g/mol. The molecule has 16 heavy (non-hydrogen) atoms. The molecular formula is C12H27N3O. The van der Waals surface area contributed by atoms with E-state index in [0.717, 1.165) is 25.8 Å². The molecular weight excluding hydrogens is 202 g/mol. The predicted molar refractivity (Wildman–Crippen MR) is 68.2 cm³/mol. The summed E-state index contributed by atoms with van der Waals surface area (Å²) in [5.74, 6) is -0.0354. The number of hydrogen-bond donors (Lipinski definition) is 3. The molecule has 0 aromatic carbocycles. The molecule has 0 spiro atoms. The Hall–Kier alpha value is -0.610. The standard InChI is InChI=1S/C12H27N3O/c1-9(2)14-8-6-5-7-11(13)12(16)15-10(3)4/h9-11,14H,5-8,13H2,1-4H3,(H,15,16)/t11-/m0/s1. The number of hydrogen-bond acceptors (Lipinski definition) is 3. The van der Waals surface area contributed by atoms with Gasteiger partial charge in [0.25, 0.3) is 0 Å². The molecule has 4 heteroatoms. The van der Waals surface area contributed by atoms with E-state index in [0.29, 0.717) is 6.04 Å². The van der Waals surface area contributed by atoms with Gasteiger partial charge in [-0.25, -0.2) is 0 Å². The summed E-state index contributed by atoms with van der Waals surface area (Å²) >= 11 is 0. The maximum absolute atomic E-state index is 11.5. The first-order valence-corrected chi connectivity index (χ1v) is 6.22. The van der Waals surface area contributed by atoms with Crippen LogP contribution in [-0.4, -0.2) is 30.6 Å². The van der Waals surface area contributed by atoms with E-state index in [1.54, 1.807) is 0 Å². The van der Waals surface area contributed by atoms with E-state index < -0.39 is 0 Å². The van der Waals surface area contributed by atoms with E-state index >= 15 is 0 Å². The Morgan fingerprint density at radius 3 is 2.25 bits per heavy atom. The Morgan fingerprint density at radius 2 is 1.75 bits per heavy atom. The topological polar surface area (TPSA) is 67.1 Å². The number of unbranched alkanes of at least 4 members (excludes halogenated alkanes) is 1. The van der Waals surface area contributed by atoms with E-state index in [4.69, 9.17) is 5.73 Å². The van der Waals surface area contributed by atoms with Crippen LogP contribution in [0.1, 0.15) is 47.0 Å². The van der Waals surface area contributed by atoms with Crippen molar-refractivity contribution < 1.29 is 4.79 Å². The molecule has 1 atom stereocenters. The molecule has 0 aliphatic carbocycles. The molecule has 0 aliphatic heterocycles. The summed E-state index contributed by atoms with van der Waals surface area (Å²) in [6.07, 6.45) is 2.82. The third kappa shape index (κ3) is 8.68. The van der Waals surface area contributed by atoms with Crippen LogP contribution in [0.3, 0.4) is 0 Å². The molecule has 0 rings (SSSR count). The number of carbonyl (C=O) groups is 1. The van der Waals surface area contributed by atoms with Gasteiger partial charge in [0.2, 0.25) is 5.91 Å². The van der Waals surface area contributed by atoms with Gasteiger partial charge in [-0.3, -0.25) is 4.79 Å². The van der Waals surface area contributed by atoms with Crippen molar-refractivity contribution in [2.24, 2.45) is 5.73 Å². The molecule has 0 bridgehead atoms. The lowest BCUT2D eigenvalue weighted by molar-refractivity contribution is -0.123. The molecule has 0 fully saturated rings. The minimum Gasteiger partial charge on any atom is -0.353 e. The molecule has 1 amide bonds. The highest BCUT2D eigenvalue weighted by molar-refractivity contribution is 5.81. The van der Waals surface area contributed by atoms with Crippen LogP contribution in [0.4, 0.5) is 0 Å². The highest BCUT2D eigenvalue weighted by Crippen LogP contribution is 1.99. The lowest BCUT2D eigenvalue weighted by Crippen LogP contribution is -2.43. The fourth-order valence-electron chi connectivity index (χ4n) is 1.40. The van der Waals surface area contributed by atoms with Crippen LogP contribution in [0.15, 0.2) is 0 Å². The molecule has 0 aromatic heterocycles. The molecule has 0 heterocycles. The summed E-state index contributed by atoms with van der Waals surface area (Å²) < 4.78 is 0. The van der Waals surface area contributed by atoms with E-state index in [-0.39, 0.29) is 18.0 Å². The number of nitrogens with two attached hydrogens (primary N) is 1. The van der Waals surface area contributed by atoms with Crippen molar-refractivity contribution in [3.05, 3.63) is 0 Å². The Labute approximate surface area is 99.4 Å².